The van der Waals surface area contributed by atoms with Crippen molar-refractivity contribution in [1.82, 2.24) is 4.98 Å². The van der Waals surface area contributed by atoms with Gasteiger partial charge in [-0.05, 0) is 6.07 Å². The Bertz CT molecular complexity index is 415. The second-order valence-electron chi connectivity index (χ2n) is 3.20. The number of ether oxygens (including phenoxy) is 1. The Balaban J connectivity index is 2.87. The molecule has 1 rings (SSSR count). The molecular formula is C10H11NO6. The van der Waals surface area contributed by atoms with Crippen molar-refractivity contribution >= 4 is 11.9 Å². The molecule has 0 radical (unpaired) electrons. The molecule has 7 heteroatoms. The van der Waals surface area contributed by atoms with Crippen molar-refractivity contribution in [2.75, 3.05) is 7.11 Å². The van der Waals surface area contributed by atoms with Gasteiger partial charge in [-0.3, -0.25) is 0 Å². The summed E-state index contributed by atoms with van der Waals surface area (Å²) in [6, 6.07) is 2.55. The summed E-state index contributed by atoms with van der Waals surface area (Å²) in [4.78, 5) is 25.2. The quantitative estimate of drug-likeness (QED) is 0.599. The SMILES string of the molecule is COC(=O)c1ccc(C(O)C(O)C(=O)O)cn1. The van der Waals surface area contributed by atoms with Crippen LogP contribution < -0.4 is 0 Å². The highest BCUT2D eigenvalue weighted by Crippen LogP contribution is 2.16. The monoisotopic (exact) mass is 241 g/mol. The first-order chi connectivity index (χ1) is 7.97. The molecule has 1 heterocycles. The minimum Gasteiger partial charge on any atom is -0.479 e. The van der Waals surface area contributed by atoms with Crippen molar-refractivity contribution in [1.29, 1.82) is 0 Å². The zero-order valence-corrected chi connectivity index (χ0v) is 8.90. The number of hydrogen-bond acceptors (Lipinski definition) is 6. The van der Waals surface area contributed by atoms with Crippen LogP contribution in [0.5, 0.6) is 0 Å². The van der Waals surface area contributed by atoms with Gasteiger partial charge in [0.2, 0.25) is 0 Å². The summed E-state index contributed by atoms with van der Waals surface area (Å²) in [5.74, 6) is -2.20. The zero-order chi connectivity index (χ0) is 13.0. The van der Waals surface area contributed by atoms with Crippen molar-refractivity contribution in [2.24, 2.45) is 0 Å². The number of nitrogens with zero attached hydrogens (tertiary/aromatic N) is 1. The predicted molar refractivity (Wildman–Crippen MR) is 54.2 cm³/mol. The Kier molecular flexibility index (Phi) is 4.13. The molecule has 2 atom stereocenters. The lowest BCUT2D eigenvalue weighted by Crippen LogP contribution is -2.27. The number of carboxylic acids is 1. The fourth-order valence-corrected chi connectivity index (χ4v) is 1.12. The van der Waals surface area contributed by atoms with Gasteiger partial charge in [0.1, 0.15) is 11.8 Å². The maximum Gasteiger partial charge on any atom is 0.356 e. The van der Waals surface area contributed by atoms with Crippen LogP contribution >= 0.6 is 0 Å². The fraction of sp³-hybridized carbons (Fsp3) is 0.300. The lowest BCUT2D eigenvalue weighted by Gasteiger charge is -2.13. The third-order valence-electron chi connectivity index (χ3n) is 2.07. The van der Waals surface area contributed by atoms with Crippen molar-refractivity contribution in [2.45, 2.75) is 12.2 Å². The summed E-state index contributed by atoms with van der Waals surface area (Å²) in [5, 5.41) is 27.1. The number of aliphatic hydroxyl groups excluding tert-OH is 2. The topological polar surface area (TPSA) is 117 Å². The number of pyridine rings is 1. The number of methoxy groups -OCH3 is 1. The van der Waals surface area contributed by atoms with E-state index in [1.807, 2.05) is 0 Å². The molecule has 3 N–H and O–H groups in total. The first-order valence-corrected chi connectivity index (χ1v) is 4.60. The molecule has 0 saturated heterocycles. The Morgan fingerprint density at radius 1 is 1.35 bits per heavy atom. The largest absolute Gasteiger partial charge is 0.479 e. The average Bonchev–Trinajstić information content (AvgIpc) is 2.36. The maximum absolute atomic E-state index is 11.0. The van der Waals surface area contributed by atoms with E-state index in [0.29, 0.717) is 0 Å². The Hall–Kier alpha value is -1.99. The first kappa shape index (κ1) is 13.1. The highest BCUT2D eigenvalue weighted by molar-refractivity contribution is 5.87. The molecule has 0 fully saturated rings. The first-order valence-electron chi connectivity index (χ1n) is 4.60. The van der Waals surface area contributed by atoms with Gasteiger partial charge in [0.15, 0.2) is 6.10 Å². The highest BCUT2D eigenvalue weighted by atomic mass is 16.5. The van der Waals surface area contributed by atoms with Crippen molar-refractivity contribution in [3.63, 3.8) is 0 Å². The molecule has 0 aliphatic heterocycles. The number of hydrogen-bond donors (Lipinski definition) is 3. The Morgan fingerprint density at radius 2 is 2.00 bits per heavy atom. The molecule has 0 bridgehead atoms. The van der Waals surface area contributed by atoms with E-state index >= 15 is 0 Å². The minimum atomic E-state index is -1.94. The lowest BCUT2D eigenvalue weighted by atomic mass is 10.1. The number of rotatable bonds is 4. The average molecular weight is 241 g/mol. The van der Waals surface area contributed by atoms with Crippen LogP contribution in [-0.4, -0.2) is 45.5 Å². The van der Waals surface area contributed by atoms with Crippen molar-refractivity contribution in [3.8, 4) is 0 Å². The van der Waals surface area contributed by atoms with Crippen LogP contribution in [0.2, 0.25) is 0 Å². The second kappa shape index (κ2) is 5.37. The molecule has 0 aliphatic rings. The summed E-state index contributed by atoms with van der Waals surface area (Å²) in [6.07, 6.45) is -2.45. The van der Waals surface area contributed by atoms with Gasteiger partial charge in [-0.2, -0.15) is 0 Å². The highest BCUT2D eigenvalue weighted by Gasteiger charge is 2.25. The molecule has 17 heavy (non-hydrogen) atoms. The fourth-order valence-electron chi connectivity index (χ4n) is 1.12. The number of aliphatic hydroxyl groups is 2. The molecule has 0 aromatic carbocycles. The van der Waals surface area contributed by atoms with E-state index in [4.69, 9.17) is 10.2 Å². The molecule has 7 nitrogen and oxygen atoms in total. The van der Waals surface area contributed by atoms with Gasteiger partial charge in [0.25, 0.3) is 0 Å². The number of carbonyl (C=O) groups is 2. The third-order valence-corrected chi connectivity index (χ3v) is 2.07. The molecule has 1 aromatic rings. The van der Waals surface area contributed by atoms with Gasteiger partial charge >= 0.3 is 11.9 Å². The minimum absolute atomic E-state index is 0.0215. The molecular weight excluding hydrogens is 230 g/mol. The van der Waals surface area contributed by atoms with Crippen LogP contribution in [0, 0.1) is 0 Å². The van der Waals surface area contributed by atoms with Gasteiger partial charge in [-0.15, -0.1) is 0 Å². The van der Waals surface area contributed by atoms with Gasteiger partial charge in [-0.1, -0.05) is 6.07 Å². The van der Waals surface area contributed by atoms with Crippen molar-refractivity contribution in [3.05, 3.63) is 29.6 Å². The van der Waals surface area contributed by atoms with E-state index in [1.165, 1.54) is 19.2 Å². The lowest BCUT2D eigenvalue weighted by molar-refractivity contribution is -0.153. The molecule has 2 unspecified atom stereocenters. The van der Waals surface area contributed by atoms with Crippen LogP contribution in [0.15, 0.2) is 18.3 Å². The van der Waals surface area contributed by atoms with E-state index in [1.54, 1.807) is 0 Å². The van der Waals surface area contributed by atoms with Gasteiger partial charge in [0.05, 0.1) is 7.11 Å². The summed E-state index contributed by atoms with van der Waals surface area (Å²) < 4.78 is 4.41. The van der Waals surface area contributed by atoms with Gasteiger partial charge < -0.3 is 20.1 Å². The molecule has 0 aliphatic carbocycles. The van der Waals surface area contributed by atoms with E-state index in [2.05, 4.69) is 9.72 Å². The summed E-state index contributed by atoms with van der Waals surface area (Å²) >= 11 is 0. The standard InChI is InChI=1S/C10H11NO6/c1-17-10(16)6-3-2-5(4-11-6)7(12)8(13)9(14)15/h2-4,7-8,12-13H,1H3,(H,14,15). The van der Waals surface area contributed by atoms with E-state index in [-0.39, 0.29) is 11.3 Å². The molecule has 0 saturated carbocycles. The predicted octanol–water partition coefficient (Wildman–Crippen LogP) is -0.653. The van der Waals surface area contributed by atoms with Gasteiger partial charge in [0, 0.05) is 11.8 Å². The molecule has 92 valence electrons. The number of aromatic nitrogens is 1. The van der Waals surface area contributed by atoms with Crippen LogP contribution in [-0.2, 0) is 9.53 Å². The van der Waals surface area contributed by atoms with E-state index < -0.39 is 24.1 Å². The van der Waals surface area contributed by atoms with Crippen LogP contribution in [0.25, 0.3) is 0 Å². The van der Waals surface area contributed by atoms with Gasteiger partial charge in [-0.25, -0.2) is 14.6 Å². The van der Waals surface area contributed by atoms with E-state index in [9.17, 15) is 14.7 Å². The second-order valence-corrected chi connectivity index (χ2v) is 3.20. The summed E-state index contributed by atoms with van der Waals surface area (Å²) in [7, 11) is 1.20. The molecule has 0 amide bonds. The van der Waals surface area contributed by atoms with Crippen LogP contribution in [0.4, 0.5) is 0 Å². The third kappa shape index (κ3) is 2.99. The van der Waals surface area contributed by atoms with Crippen LogP contribution in [0.1, 0.15) is 22.2 Å². The smallest absolute Gasteiger partial charge is 0.356 e. The van der Waals surface area contributed by atoms with Crippen molar-refractivity contribution < 1.29 is 29.6 Å². The maximum atomic E-state index is 11.0. The number of aliphatic carboxylic acids is 1. The van der Waals surface area contributed by atoms with E-state index in [0.717, 1.165) is 6.20 Å². The van der Waals surface area contributed by atoms with Crippen LogP contribution in [0.3, 0.4) is 0 Å². The Morgan fingerprint density at radius 3 is 2.41 bits per heavy atom. The summed E-state index contributed by atoms with van der Waals surface area (Å²) in [6.45, 7) is 0. The number of carboxylic acid groups (broad SMARTS) is 1. The molecule has 1 aromatic heterocycles. The molecule has 0 spiro atoms. The Labute approximate surface area is 96.3 Å². The normalized spacial score (nSPS) is 13.8. The number of esters is 1. The number of carbonyl (C=O) groups excluding carboxylic acids is 1. The zero-order valence-electron chi connectivity index (χ0n) is 8.90. The summed E-state index contributed by atoms with van der Waals surface area (Å²) in [5.41, 5.74) is 0.112.